The maximum atomic E-state index is 11.5. The predicted molar refractivity (Wildman–Crippen MR) is 82.0 cm³/mol. The zero-order valence-electron chi connectivity index (χ0n) is 10.2. The molecule has 0 radical (unpaired) electrons. The molecule has 0 bridgehead atoms. The lowest BCUT2D eigenvalue weighted by molar-refractivity contribution is -0.123. The van der Waals surface area contributed by atoms with E-state index in [-0.39, 0.29) is 12.5 Å². The highest BCUT2D eigenvalue weighted by atomic mass is 35.5. The Morgan fingerprint density at radius 1 is 1.40 bits per heavy atom. The Balaban J connectivity index is 1.80. The molecule has 1 amide bonds. The first-order valence-corrected chi connectivity index (χ1v) is 7.22. The summed E-state index contributed by atoms with van der Waals surface area (Å²) in [5.74, 6) is 0.0253. The zero-order valence-corrected chi connectivity index (χ0v) is 12.5. The number of halogens is 2. The van der Waals surface area contributed by atoms with E-state index in [0.29, 0.717) is 15.8 Å². The molecule has 20 heavy (non-hydrogen) atoms. The fourth-order valence-corrected chi connectivity index (χ4v) is 2.35. The van der Waals surface area contributed by atoms with E-state index in [0.717, 1.165) is 4.88 Å². The summed E-state index contributed by atoms with van der Waals surface area (Å²) in [4.78, 5) is 12.5. The van der Waals surface area contributed by atoms with E-state index in [1.165, 1.54) is 11.3 Å². The van der Waals surface area contributed by atoms with E-state index in [9.17, 15) is 4.79 Å². The van der Waals surface area contributed by atoms with Gasteiger partial charge in [0.15, 0.2) is 6.61 Å². The van der Waals surface area contributed by atoms with Gasteiger partial charge < -0.3 is 4.74 Å². The molecular weight excluding hydrogens is 319 g/mol. The largest absolute Gasteiger partial charge is 0.482 e. The number of ether oxygens (including phenoxy) is 1. The van der Waals surface area contributed by atoms with Crippen molar-refractivity contribution in [1.82, 2.24) is 5.43 Å². The van der Waals surface area contributed by atoms with Crippen molar-refractivity contribution in [3.05, 3.63) is 50.6 Å². The van der Waals surface area contributed by atoms with Gasteiger partial charge in [0, 0.05) is 9.90 Å². The van der Waals surface area contributed by atoms with Crippen LogP contribution < -0.4 is 10.2 Å². The van der Waals surface area contributed by atoms with Gasteiger partial charge in [-0.2, -0.15) is 5.10 Å². The Labute approximate surface area is 130 Å². The SMILES string of the molecule is O=C(COc1ccc(Cl)cc1Cl)N/N=C/c1cccs1. The van der Waals surface area contributed by atoms with E-state index in [4.69, 9.17) is 27.9 Å². The molecule has 0 fully saturated rings. The van der Waals surface area contributed by atoms with Gasteiger partial charge >= 0.3 is 0 Å². The molecule has 0 aliphatic rings. The van der Waals surface area contributed by atoms with Crippen LogP contribution in [0.25, 0.3) is 0 Å². The lowest BCUT2D eigenvalue weighted by atomic mass is 10.3. The van der Waals surface area contributed by atoms with Gasteiger partial charge in [-0.1, -0.05) is 29.3 Å². The first-order valence-electron chi connectivity index (χ1n) is 5.58. The quantitative estimate of drug-likeness (QED) is 0.673. The Hall–Kier alpha value is -1.56. The topological polar surface area (TPSA) is 50.7 Å². The normalized spacial score (nSPS) is 10.7. The lowest BCUT2D eigenvalue weighted by Gasteiger charge is -2.06. The summed E-state index contributed by atoms with van der Waals surface area (Å²) in [5, 5.41) is 6.60. The van der Waals surface area contributed by atoms with Crippen LogP contribution in [0.5, 0.6) is 5.75 Å². The highest BCUT2D eigenvalue weighted by molar-refractivity contribution is 7.11. The molecule has 7 heteroatoms. The van der Waals surface area contributed by atoms with Crippen molar-refractivity contribution >= 4 is 46.7 Å². The number of benzene rings is 1. The van der Waals surface area contributed by atoms with Crippen LogP contribution in [0.3, 0.4) is 0 Å². The average molecular weight is 329 g/mol. The molecule has 1 N–H and O–H groups in total. The van der Waals surface area contributed by atoms with E-state index in [2.05, 4.69) is 10.5 Å². The number of rotatable bonds is 5. The number of carbonyl (C=O) groups is 1. The van der Waals surface area contributed by atoms with Gasteiger partial charge in [-0.25, -0.2) is 5.43 Å². The second-order valence-corrected chi connectivity index (χ2v) is 5.49. The molecular formula is C13H10Cl2N2O2S. The number of thiophene rings is 1. The monoisotopic (exact) mass is 328 g/mol. The predicted octanol–water partition coefficient (Wildman–Crippen LogP) is 3.58. The number of carbonyl (C=O) groups excluding carboxylic acids is 1. The van der Waals surface area contributed by atoms with E-state index >= 15 is 0 Å². The van der Waals surface area contributed by atoms with Gasteiger partial charge in [0.2, 0.25) is 0 Å². The molecule has 0 saturated heterocycles. The molecule has 0 spiro atoms. The highest BCUT2D eigenvalue weighted by Crippen LogP contribution is 2.27. The van der Waals surface area contributed by atoms with Crippen molar-refractivity contribution in [2.45, 2.75) is 0 Å². The minimum Gasteiger partial charge on any atom is -0.482 e. The van der Waals surface area contributed by atoms with Crippen LogP contribution in [0.4, 0.5) is 0 Å². The number of hydrazone groups is 1. The molecule has 4 nitrogen and oxygen atoms in total. The fourth-order valence-electron chi connectivity index (χ4n) is 1.30. The molecule has 1 aromatic heterocycles. The summed E-state index contributed by atoms with van der Waals surface area (Å²) in [5.41, 5.74) is 2.37. The summed E-state index contributed by atoms with van der Waals surface area (Å²) >= 11 is 13.2. The summed E-state index contributed by atoms with van der Waals surface area (Å²) in [7, 11) is 0. The Bertz CT molecular complexity index is 615. The smallest absolute Gasteiger partial charge is 0.277 e. The van der Waals surface area contributed by atoms with Crippen LogP contribution in [0.1, 0.15) is 4.88 Å². The second-order valence-electron chi connectivity index (χ2n) is 3.67. The summed E-state index contributed by atoms with van der Waals surface area (Å²) in [6, 6.07) is 8.58. The van der Waals surface area contributed by atoms with Gasteiger partial charge in [-0.05, 0) is 29.6 Å². The fraction of sp³-hybridized carbons (Fsp3) is 0.0769. The third-order valence-electron chi connectivity index (χ3n) is 2.18. The minimum atomic E-state index is -0.371. The van der Waals surface area contributed by atoms with Gasteiger partial charge in [-0.15, -0.1) is 11.3 Å². The van der Waals surface area contributed by atoms with Gasteiger partial charge in [-0.3, -0.25) is 4.79 Å². The van der Waals surface area contributed by atoms with Crippen molar-refractivity contribution < 1.29 is 9.53 Å². The van der Waals surface area contributed by atoms with Crippen molar-refractivity contribution in [1.29, 1.82) is 0 Å². The van der Waals surface area contributed by atoms with Crippen molar-refractivity contribution in [2.75, 3.05) is 6.61 Å². The van der Waals surface area contributed by atoms with Crippen molar-refractivity contribution in [3.63, 3.8) is 0 Å². The highest BCUT2D eigenvalue weighted by Gasteiger charge is 2.05. The molecule has 0 saturated carbocycles. The molecule has 1 aromatic carbocycles. The van der Waals surface area contributed by atoms with Crippen molar-refractivity contribution in [2.24, 2.45) is 5.10 Å². The number of nitrogens with zero attached hydrogens (tertiary/aromatic N) is 1. The molecule has 104 valence electrons. The maximum Gasteiger partial charge on any atom is 0.277 e. The van der Waals surface area contributed by atoms with Gasteiger partial charge in [0.1, 0.15) is 5.75 Å². The number of hydrogen-bond donors (Lipinski definition) is 1. The first-order chi connectivity index (χ1) is 9.65. The van der Waals surface area contributed by atoms with Crippen LogP contribution in [0.2, 0.25) is 10.0 Å². The Kier molecular flexibility index (Phi) is 5.40. The molecule has 0 atom stereocenters. The third kappa shape index (κ3) is 4.52. The van der Waals surface area contributed by atoms with E-state index < -0.39 is 0 Å². The Morgan fingerprint density at radius 2 is 2.25 bits per heavy atom. The average Bonchev–Trinajstić information content (AvgIpc) is 2.91. The molecule has 1 heterocycles. The number of hydrogen-bond acceptors (Lipinski definition) is 4. The van der Waals surface area contributed by atoms with Crippen LogP contribution in [0.15, 0.2) is 40.8 Å². The summed E-state index contributed by atoms with van der Waals surface area (Å²) < 4.78 is 5.27. The van der Waals surface area contributed by atoms with Crippen molar-refractivity contribution in [3.8, 4) is 5.75 Å². The molecule has 2 rings (SSSR count). The molecule has 2 aromatic rings. The second kappa shape index (κ2) is 7.28. The van der Waals surface area contributed by atoms with E-state index in [1.807, 2.05) is 17.5 Å². The molecule has 0 aliphatic carbocycles. The summed E-state index contributed by atoms with van der Waals surface area (Å²) in [6.07, 6.45) is 1.57. The summed E-state index contributed by atoms with van der Waals surface area (Å²) in [6.45, 7) is -0.177. The van der Waals surface area contributed by atoms with E-state index in [1.54, 1.807) is 24.4 Å². The lowest BCUT2D eigenvalue weighted by Crippen LogP contribution is -2.24. The maximum absolute atomic E-state index is 11.5. The van der Waals surface area contributed by atoms with Crippen LogP contribution >= 0.6 is 34.5 Å². The third-order valence-corrected chi connectivity index (χ3v) is 3.51. The number of amides is 1. The minimum absolute atomic E-state index is 0.177. The zero-order chi connectivity index (χ0) is 14.4. The molecule has 0 unspecified atom stereocenters. The van der Waals surface area contributed by atoms with Gasteiger partial charge in [0.25, 0.3) is 5.91 Å². The Morgan fingerprint density at radius 3 is 2.95 bits per heavy atom. The van der Waals surface area contributed by atoms with Crippen LogP contribution in [-0.4, -0.2) is 18.7 Å². The van der Waals surface area contributed by atoms with Gasteiger partial charge in [0.05, 0.1) is 11.2 Å². The van der Waals surface area contributed by atoms with Crippen LogP contribution in [0, 0.1) is 0 Å². The standard InChI is InChI=1S/C13H10Cl2N2O2S/c14-9-3-4-12(11(15)6-9)19-8-13(18)17-16-7-10-2-1-5-20-10/h1-7H,8H2,(H,17,18)/b16-7+. The molecule has 0 aliphatic heterocycles. The first kappa shape index (κ1) is 14.8. The van der Waals surface area contributed by atoms with Crippen LogP contribution in [-0.2, 0) is 4.79 Å². The number of nitrogens with one attached hydrogen (secondary N) is 1.